The predicted molar refractivity (Wildman–Crippen MR) is 119 cm³/mol. The Hall–Kier alpha value is -2.81. The first-order chi connectivity index (χ1) is 13.9. The molecule has 0 radical (unpaired) electrons. The van der Waals surface area contributed by atoms with Crippen molar-refractivity contribution in [2.24, 2.45) is 4.99 Å². The molecule has 2 aromatic carbocycles. The number of ether oxygens (including phenoxy) is 2. The summed E-state index contributed by atoms with van der Waals surface area (Å²) in [6.07, 6.45) is 2.65. The van der Waals surface area contributed by atoms with Crippen LogP contribution >= 0.6 is 0 Å². The first kappa shape index (κ1) is 19.5. The number of allylic oxidation sites excluding steroid dienone is 2. The molecule has 0 N–H and O–H groups in total. The van der Waals surface area contributed by atoms with Gasteiger partial charge in [-0.2, -0.15) is 0 Å². The molecule has 3 nitrogen and oxygen atoms in total. The van der Waals surface area contributed by atoms with Gasteiger partial charge in [-0.15, -0.1) is 6.58 Å². The molecule has 1 heterocycles. The van der Waals surface area contributed by atoms with Gasteiger partial charge in [0.05, 0.1) is 29.2 Å². The number of hydrogen-bond donors (Lipinski definition) is 0. The van der Waals surface area contributed by atoms with Gasteiger partial charge in [0.15, 0.2) is 5.90 Å². The molecule has 0 saturated heterocycles. The molecule has 150 valence electrons. The smallest absolute Gasteiger partial charge is 0.196 e. The summed E-state index contributed by atoms with van der Waals surface area (Å²) in [4.78, 5) is 5.05. The van der Waals surface area contributed by atoms with Crippen LogP contribution in [0.5, 0.6) is 0 Å². The zero-order chi connectivity index (χ0) is 20.6. The van der Waals surface area contributed by atoms with Gasteiger partial charge in [0, 0.05) is 0 Å². The lowest BCUT2D eigenvalue weighted by Crippen LogP contribution is -2.45. The molecule has 3 heteroatoms. The molecular weight excluding hydrogens is 358 g/mol. The van der Waals surface area contributed by atoms with E-state index >= 15 is 0 Å². The summed E-state index contributed by atoms with van der Waals surface area (Å²) in [7, 11) is 0. The average molecular weight is 388 g/mol. The van der Waals surface area contributed by atoms with Crippen LogP contribution in [-0.2, 0) is 14.9 Å². The van der Waals surface area contributed by atoms with Crippen molar-refractivity contribution in [2.45, 2.75) is 44.1 Å². The van der Waals surface area contributed by atoms with Crippen LogP contribution in [0.25, 0.3) is 11.1 Å². The zero-order valence-corrected chi connectivity index (χ0v) is 17.6. The van der Waals surface area contributed by atoms with Crippen LogP contribution < -0.4 is 0 Å². The Kier molecular flexibility index (Phi) is 4.85. The van der Waals surface area contributed by atoms with E-state index in [0.717, 1.165) is 11.7 Å². The largest absolute Gasteiger partial charge is 0.498 e. The van der Waals surface area contributed by atoms with E-state index in [1.54, 1.807) is 0 Å². The van der Waals surface area contributed by atoms with E-state index in [2.05, 4.69) is 75.5 Å². The van der Waals surface area contributed by atoms with Crippen LogP contribution in [0.4, 0.5) is 0 Å². The van der Waals surface area contributed by atoms with Crippen molar-refractivity contribution in [2.75, 3.05) is 13.2 Å². The van der Waals surface area contributed by atoms with Crippen molar-refractivity contribution < 1.29 is 9.47 Å². The quantitative estimate of drug-likeness (QED) is 0.448. The fourth-order valence-electron chi connectivity index (χ4n) is 4.83. The van der Waals surface area contributed by atoms with E-state index in [1.165, 1.54) is 22.3 Å². The van der Waals surface area contributed by atoms with Gasteiger partial charge >= 0.3 is 0 Å². The third-order valence-corrected chi connectivity index (χ3v) is 5.93. The predicted octanol–water partition coefficient (Wildman–Crippen LogP) is 6.02. The Morgan fingerprint density at radius 3 is 2.52 bits per heavy atom. The second-order valence-corrected chi connectivity index (χ2v) is 8.45. The maximum absolute atomic E-state index is 6.30. The first-order valence-electron chi connectivity index (χ1n) is 10.3. The minimum atomic E-state index is -0.535. The third-order valence-electron chi connectivity index (χ3n) is 5.93. The van der Waals surface area contributed by atoms with Crippen LogP contribution in [0.3, 0.4) is 0 Å². The maximum Gasteiger partial charge on any atom is 0.196 e. The van der Waals surface area contributed by atoms with Gasteiger partial charge in [-0.1, -0.05) is 61.2 Å². The molecule has 2 aliphatic rings. The summed E-state index contributed by atoms with van der Waals surface area (Å²) in [5.74, 6) is 1.39. The molecule has 0 spiro atoms. The summed E-state index contributed by atoms with van der Waals surface area (Å²) < 4.78 is 12.3. The number of nitrogens with zero attached hydrogens (tertiary/aromatic N) is 1. The standard InChI is InChI=1S/C26H29NO2/c1-6-16-26(24-27-25(4,5)17-29-24)22-15-11-10-13-20(22)19-12-8-9-14-21(19)23(26)18(3)28-7-2/h6,8-15,23H,1,3,7,16-17H2,2,4-5H3/t23-,26+/m1/s1. The zero-order valence-electron chi connectivity index (χ0n) is 17.6. The number of hydrogen-bond acceptors (Lipinski definition) is 3. The second kappa shape index (κ2) is 7.22. The lowest BCUT2D eigenvalue weighted by atomic mass is 9.58. The molecule has 0 unspecified atom stereocenters. The lowest BCUT2D eigenvalue weighted by molar-refractivity contribution is 0.184. The Morgan fingerprint density at radius 2 is 1.86 bits per heavy atom. The summed E-state index contributed by atoms with van der Waals surface area (Å²) in [6.45, 7) is 15.8. The highest BCUT2D eigenvalue weighted by Gasteiger charge is 2.54. The molecule has 0 saturated carbocycles. The third kappa shape index (κ3) is 3.00. The summed E-state index contributed by atoms with van der Waals surface area (Å²) in [5.41, 5.74) is 4.02. The number of benzene rings is 2. The average Bonchev–Trinajstić information content (AvgIpc) is 3.08. The summed E-state index contributed by atoms with van der Waals surface area (Å²) >= 11 is 0. The van der Waals surface area contributed by atoms with Crippen molar-refractivity contribution in [1.82, 2.24) is 0 Å². The van der Waals surface area contributed by atoms with Crippen molar-refractivity contribution in [3.05, 3.63) is 84.7 Å². The van der Waals surface area contributed by atoms with Gasteiger partial charge in [0.25, 0.3) is 0 Å². The highest BCUT2D eigenvalue weighted by Crippen LogP contribution is 2.56. The fourth-order valence-corrected chi connectivity index (χ4v) is 4.83. The molecular formula is C26H29NO2. The van der Waals surface area contributed by atoms with Gasteiger partial charge in [-0.25, -0.2) is 4.99 Å². The highest BCUT2D eigenvalue weighted by molar-refractivity contribution is 5.97. The second-order valence-electron chi connectivity index (χ2n) is 8.45. The molecule has 29 heavy (non-hydrogen) atoms. The Labute approximate surface area is 173 Å². The number of fused-ring (bicyclic) bond motifs is 3. The molecule has 4 rings (SSSR count). The van der Waals surface area contributed by atoms with E-state index in [9.17, 15) is 0 Å². The van der Waals surface area contributed by atoms with Gasteiger partial charge in [-0.05, 0) is 49.4 Å². The van der Waals surface area contributed by atoms with E-state index in [-0.39, 0.29) is 11.5 Å². The van der Waals surface area contributed by atoms with Gasteiger partial charge in [-0.3, -0.25) is 0 Å². The van der Waals surface area contributed by atoms with E-state index in [1.807, 2.05) is 13.0 Å². The van der Waals surface area contributed by atoms with Crippen molar-refractivity contribution in [3.8, 4) is 11.1 Å². The number of rotatable bonds is 6. The first-order valence-corrected chi connectivity index (χ1v) is 10.3. The number of aliphatic imine (C=N–C) groups is 1. The minimum absolute atomic E-state index is 0.112. The van der Waals surface area contributed by atoms with Crippen molar-refractivity contribution in [1.29, 1.82) is 0 Å². The normalized spacial score (nSPS) is 24.0. The van der Waals surface area contributed by atoms with Crippen molar-refractivity contribution in [3.63, 3.8) is 0 Å². The lowest BCUT2D eigenvalue weighted by Gasteiger charge is -2.45. The van der Waals surface area contributed by atoms with Gasteiger partial charge in [0.2, 0.25) is 0 Å². The fraction of sp³-hybridized carbons (Fsp3) is 0.346. The highest BCUT2D eigenvalue weighted by atomic mass is 16.5. The molecule has 1 aliphatic heterocycles. The molecule has 0 aromatic heterocycles. The Bertz CT molecular complexity index is 988. The molecule has 1 aliphatic carbocycles. The molecule has 0 amide bonds. The summed E-state index contributed by atoms with van der Waals surface area (Å²) in [5, 5.41) is 0. The van der Waals surface area contributed by atoms with Crippen LogP contribution in [0.2, 0.25) is 0 Å². The molecule has 2 atom stereocenters. The van der Waals surface area contributed by atoms with E-state index in [4.69, 9.17) is 14.5 Å². The SMILES string of the molecule is C=CC[C@]1(C2=NC(C)(C)CO2)c2ccccc2-c2ccccc2[C@H]1C(=C)OCC. The van der Waals surface area contributed by atoms with Gasteiger partial charge in [0.1, 0.15) is 6.61 Å². The van der Waals surface area contributed by atoms with E-state index in [0.29, 0.717) is 19.6 Å². The monoisotopic (exact) mass is 387 g/mol. The van der Waals surface area contributed by atoms with E-state index < -0.39 is 5.41 Å². The van der Waals surface area contributed by atoms with Crippen LogP contribution in [0.15, 0.2) is 78.5 Å². The topological polar surface area (TPSA) is 30.8 Å². The molecule has 0 bridgehead atoms. The Morgan fingerprint density at radius 1 is 1.17 bits per heavy atom. The Balaban J connectivity index is 2.08. The van der Waals surface area contributed by atoms with Crippen LogP contribution in [0.1, 0.15) is 44.2 Å². The molecule has 0 fully saturated rings. The van der Waals surface area contributed by atoms with Crippen LogP contribution in [0, 0.1) is 0 Å². The molecule has 2 aromatic rings. The van der Waals surface area contributed by atoms with Crippen molar-refractivity contribution >= 4 is 5.90 Å². The van der Waals surface area contributed by atoms with Gasteiger partial charge < -0.3 is 9.47 Å². The summed E-state index contributed by atoms with van der Waals surface area (Å²) in [6, 6.07) is 17.1. The van der Waals surface area contributed by atoms with Crippen LogP contribution in [-0.4, -0.2) is 24.7 Å². The maximum atomic E-state index is 6.30. The minimum Gasteiger partial charge on any atom is -0.498 e.